The molecule has 1 aromatic carbocycles. The summed E-state index contributed by atoms with van der Waals surface area (Å²) in [7, 11) is 1.74. The van der Waals surface area contributed by atoms with Gasteiger partial charge in [-0.1, -0.05) is 26.2 Å². The smallest absolute Gasteiger partial charge is 0.224 e. The van der Waals surface area contributed by atoms with Crippen molar-refractivity contribution in [1.29, 1.82) is 0 Å². The Balaban J connectivity index is 3.01. The number of methoxy groups -OCH3 is 2. The predicted octanol–water partition coefficient (Wildman–Crippen LogP) is 1.53. The molecule has 1 unspecified atom stereocenters. The average Bonchev–Trinajstić information content (AvgIpc) is 2.49. The van der Waals surface area contributed by atoms with Crippen LogP contribution in [0.25, 0.3) is 0 Å². The lowest BCUT2D eigenvalue weighted by Gasteiger charge is -2.19. The summed E-state index contributed by atoms with van der Waals surface area (Å²) >= 11 is 0. The van der Waals surface area contributed by atoms with Gasteiger partial charge in [0.25, 0.3) is 0 Å². The molecular formula is C16H27NO5S. The molecular weight excluding hydrogens is 318 g/mol. The molecule has 0 aliphatic heterocycles. The van der Waals surface area contributed by atoms with Gasteiger partial charge in [0, 0.05) is 23.8 Å². The first kappa shape index (κ1) is 19.9. The fraction of sp³-hybridized carbons (Fsp3) is 0.625. The van der Waals surface area contributed by atoms with Gasteiger partial charge in [-0.3, -0.25) is 9.94 Å². The van der Waals surface area contributed by atoms with Crippen molar-refractivity contribution in [3.05, 3.63) is 17.7 Å². The Bertz CT molecular complexity index is 528. The maximum atomic E-state index is 12.5. The van der Waals surface area contributed by atoms with Crippen LogP contribution in [0.2, 0.25) is 0 Å². The van der Waals surface area contributed by atoms with Crippen molar-refractivity contribution < 1.29 is 23.9 Å². The van der Waals surface area contributed by atoms with Crippen LogP contribution in [0.5, 0.6) is 11.5 Å². The van der Waals surface area contributed by atoms with E-state index < -0.39 is 16.7 Å². The molecule has 0 radical (unpaired) electrons. The van der Waals surface area contributed by atoms with Gasteiger partial charge in [-0.15, -0.1) is 0 Å². The standard InChI is InChI=1S/C16H27NO5S/c1-4-5-6-7-8-23(20)15-10-13(21-2)12(9-14(15)22-3)11-16(17,18)19/h9-10,18-19H,4-8,11,17H2,1-3H3. The van der Waals surface area contributed by atoms with Crippen LogP contribution in [0, 0.1) is 0 Å². The molecule has 0 fully saturated rings. The monoisotopic (exact) mass is 345 g/mol. The highest BCUT2D eigenvalue weighted by molar-refractivity contribution is 7.85. The lowest BCUT2D eigenvalue weighted by Crippen LogP contribution is -2.41. The van der Waals surface area contributed by atoms with E-state index in [1.165, 1.54) is 14.2 Å². The number of rotatable bonds is 10. The number of hydrogen-bond donors (Lipinski definition) is 3. The summed E-state index contributed by atoms with van der Waals surface area (Å²) in [6.45, 7) is 2.13. The van der Waals surface area contributed by atoms with Crippen LogP contribution in [0.4, 0.5) is 0 Å². The minimum absolute atomic E-state index is 0.226. The first-order chi connectivity index (χ1) is 10.8. The van der Waals surface area contributed by atoms with E-state index in [9.17, 15) is 14.4 Å². The number of unbranched alkanes of at least 4 members (excludes halogenated alkanes) is 3. The Kier molecular flexibility index (Phi) is 7.98. The summed E-state index contributed by atoms with van der Waals surface area (Å²) in [6, 6.07) is 3.21. The number of benzene rings is 1. The van der Waals surface area contributed by atoms with Gasteiger partial charge in [0.05, 0.1) is 29.9 Å². The molecule has 0 spiro atoms. The molecule has 1 aromatic rings. The third kappa shape index (κ3) is 6.47. The van der Waals surface area contributed by atoms with Crippen molar-refractivity contribution in [2.24, 2.45) is 5.73 Å². The lowest BCUT2D eigenvalue weighted by atomic mass is 10.1. The van der Waals surface area contributed by atoms with Crippen LogP contribution in [-0.2, 0) is 17.2 Å². The summed E-state index contributed by atoms with van der Waals surface area (Å²) in [4.78, 5) is 0.545. The van der Waals surface area contributed by atoms with Crippen LogP contribution in [0.3, 0.4) is 0 Å². The van der Waals surface area contributed by atoms with E-state index in [0.29, 0.717) is 27.7 Å². The second kappa shape index (κ2) is 9.22. The van der Waals surface area contributed by atoms with Gasteiger partial charge < -0.3 is 19.7 Å². The normalized spacial score (nSPS) is 13.0. The van der Waals surface area contributed by atoms with Crippen molar-refractivity contribution in [3.8, 4) is 11.5 Å². The minimum atomic E-state index is -2.35. The molecule has 0 aliphatic carbocycles. The summed E-state index contributed by atoms with van der Waals surface area (Å²) in [5, 5.41) is 18.8. The van der Waals surface area contributed by atoms with Gasteiger partial charge in [-0.2, -0.15) is 0 Å². The summed E-state index contributed by atoms with van der Waals surface area (Å²) in [5.41, 5.74) is 5.70. The van der Waals surface area contributed by atoms with E-state index in [1.54, 1.807) is 12.1 Å². The van der Waals surface area contributed by atoms with E-state index in [2.05, 4.69) is 6.92 Å². The van der Waals surface area contributed by atoms with Gasteiger partial charge in [0.1, 0.15) is 11.5 Å². The number of ether oxygens (including phenoxy) is 2. The first-order valence-electron chi connectivity index (χ1n) is 7.69. The molecule has 0 aromatic heterocycles. The largest absolute Gasteiger partial charge is 0.496 e. The zero-order valence-electron chi connectivity index (χ0n) is 14.0. The fourth-order valence-corrected chi connectivity index (χ4v) is 3.59. The molecule has 7 heteroatoms. The molecule has 4 N–H and O–H groups in total. The third-order valence-electron chi connectivity index (χ3n) is 3.45. The SMILES string of the molecule is CCCCCCS(=O)c1cc(OC)c(CC(N)(O)O)cc1OC. The molecule has 1 atom stereocenters. The van der Waals surface area contributed by atoms with E-state index in [-0.39, 0.29) is 6.42 Å². The van der Waals surface area contributed by atoms with Gasteiger partial charge >= 0.3 is 0 Å². The lowest BCUT2D eigenvalue weighted by molar-refractivity contribution is -0.153. The second-order valence-electron chi connectivity index (χ2n) is 5.48. The Morgan fingerprint density at radius 3 is 2.30 bits per heavy atom. The van der Waals surface area contributed by atoms with E-state index in [1.807, 2.05) is 0 Å². The van der Waals surface area contributed by atoms with E-state index >= 15 is 0 Å². The zero-order valence-corrected chi connectivity index (χ0v) is 14.8. The predicted molar refractivity (Wildman–Crippen MR) is 90.0 cm³/mol. The summed E-state index contributed by atoms with van der Waals surface area (Å²) in [5.74, 6) is -0.960. The highest BCUT2D eigenvalue weighted by atomic mass is 32.2. The zero-order chi connectivity index (χ0) is 17.5. The molecule has 132 valence electrons. The van der Waals surface area contributed by atoms with Crippen molar-refractivity contribution in [2.75, 3.05) is 20.0 Å². The Morgan fingerprint density at radius 2 is 1.78 bits per heavy atom. The molecule has 0 amide bonds. The Hall–Kier alpha value is -1.15. The van der Waals surface area contributed by atoms with Crippen LogP contribution in [-0.4, -0.2) is 40.3 Å². The second-order valence-corrected chi connectivity index (χ2v) is 7.02. The van der Waals surface area contributed by atoms with Crippen molar-refractivity contribution in [3.63, 3.8) is 0 Å². The minimum Gasteiger partial charge on any atom is -0.496 e. The molecule has 0 aliphatic rings. The number of hydrogen-bond acceptors (Lipinski definition) is 6. The van der Waals surface area contributed by atoms with Crippen LogP contribution < -0.4 is 15.2 Å². The van der Waals surface area contributed by atoms with Crippen molar-refractivity contribution in [2.45, 2.75) is 49.8 Å². The van der Waals surface area contributed by atoms with E-state index in [0.717, 1.165) is 25.7 Å². The summed E-state index contributed by atoms with van der Waals surface area (Å²) in [6.07, 6.45) is 3.96. The van der Waals surface area contributed by atoms with E-state index in [4.69, 9.17) is 15.2 Å². The molecule has 6 nitrogen and oxygen atoms in total. The number of nitrogens with two attached hydrogens (primary N) is 1. The maximum absolute atomic E-state index is 12.5. The average molecular weight is 345 g/mol. The molecule has 0 saturated carbocycles. The highest BCUT2D eigenvalue weighted by Gasteiger charge is 2.22. The molecule has 1 rings (SSSR count). The quantitative estimate of drug-likeness (QED) is 0.439. The van der Waals surface area contributed by atoms with Crippen LogP contribution in [0.1, 0.15) is 38.2 Å². The van der Waals surface area contributed by atoms with Crippen LogP contribution in [0.15, 0.2) is 17.0 Å². The maximum Gasteiger partial charge on any atom is 0.224 e. The highest BCUT2D eigenvalue weighted by Crippen LogP contribution is 2.32. The van der Waals surface area contributed by atoms with Crippen molar-refractivity contribution in [1.82, 2.24) is 0 Å². The molecule has 0 heterocycles. The summed E-state index contributed by atoms with van der Waals surface area (Å²) < 4.78 is 23.1. The third-order valence-corrected chi connectivity index (χ3v) is 4.91. The Labute approximate surface area is 140 Å². The van der Waals surface area contributed by atoms with Crippen LogP contribution >= 0.6 is 0 Å². The van der Waals surface area contributed by atoms with Gasteiger partial charge in [-0.05, 0) is 12.5 Å². The fourth-order valence-electron chi connectivity index (χ4n) is 2.30. The Morgan fingerprint density at radius 1 is 1.13 bits per heavy atom. The van der Waals surface area contributed by atoms with Gasteiger partial charge in [0.15, 0.2) is 0 Å². The first-order valence-corrected chi connectivity index (χ1v) is 9.01. The van der Waals surface area contributed by atoms with Crippen molar-refractivity contribution >= 4 is 10.8 Å². The molecule has 0 bridgehead atoms. The van der Waals surface area contributed by atoms with Gasteiger partial charge in [0.2, 0.25) is 5.91 Å². The topological polar surface area (TPSA) is 102 Å². The molecule has 0 saturated heterocycles. The number of aliphatic hydroxyl groups is 2. The molecule has 23 heavy (non-hydrogen) atoms. The van der Waals surface area contributed by atoms with Gasteiger partial charge in [-0.25, -0.2) is 0 Å².